The fraction of sp³-hybridized carbons (Fsp3) is 0.500. The summed E-state index contributed by atoms with van der Waals surface area (Å²) in [6.07, 6.45) is 0.323. The number of rotatable bonds is 4. The second-order valence-electron chi connectivity index (χ2n) is 4.75. The van der Waals surface area contributed by atoms with Gasteiger partial charge in [0.25, 0.3) is 0 Å². The van der Waals surface area contributed by atoms with Crippen LogP contribution in [0.15, 0.2) is 6.07 Å². The van der Waals surface area contributed by atoms with Crippen LogP contribution in [0.3, 0.4) is 0 Å². The Morgan fingerprint density at radius 3 is 2.50 bits per heavy atom. The van der Waals surface area contributed by atoms with Gasteiger partial charge in [0, 0.05) is 18.2 Å². The Hall–Kier alpha value is -1.55. The van der Waals surface area contributed by atoms with Crippen LogP contribution < -0.4 is 15.8 Å². The van der Waals surface area contributed by atoms with Crippen LogP contribution in [-0.2, 0) is 4.79 Å². The van der Waals surface area contributed by atoms with Gasteiger partial charge in [-0.05, 0) is 50.5 Å². The molecule has 1 aromatic carbocycles. The maximum atomic E-state index is 11.7. The van der Waals surface area contributed by atoms with E-state index in [4.69, 9.17) is 10.5 Å². The van der Waals surface area contributed by atoms with E-state index in [1.165, 1.54) is 0 Å². The molecule has 4 heteroatoms. The summed E-state index contributed by atoms with van der Waals surface area (Å²) in [5.41, 5.74) is 9.52. The Labute approximate surface area is 109 Å². The lowest BCUT2D eigenvalue weighted by molar-refractivity contribution is -0.116. The standard InChI is InChI=1S/C14H22N2O2/c1-8-6-12(16-13(17)7-9(2)15)10(3)11(4)14(8)18-5/h6,9H,7,15H2,1-5H3,(H,16,17). The number of ether oxygens (including phenoxy) is 1. The normalized spacial score (nSPS) is 12.1. The summed E-state index contributed by atoms with van der Waals surface area (Å²) in [5, 5.41) is 2.90. The Balaban J connectivity index is 3.01. The molecule has 0 aliphatic carbocycles. The van der Waals surface area contributed by atoms with Crippen LogP contribution in [0.1, 0.15) is 30.0 Å². The second kappa shape index (κ2) is 5.87. The van der Waals surface area contributed by atoms with Gasteiger partial charge in [-0.25, -0.2) is 0 Å². The number of hydrogen-bond donors (Lipinski definition) is 2. The second-order valence-corrected chi connectivity index (χ2v) is 4.75. The van der Waals surface area contributed by atoms with Gasteiger partial charge in [-0.1, -0.05) is 0 Å². The van der Waals surface area contributed by atoms with Gasteiger partial charge in [-0.2, -0.15) is 0 Å². The number of anilines is 1. The average molecular weight is 250 g/mol. The maximum absolute atomic E-state index is 11.7. The summed E-state index contributed by atoms with van der Waals surface area (Å²) in [7, 11) is 1.66. The molecule has 1 unspecified atom stereocenters. The number of nitrogens with one attached hydrogen (secondary N) is 1. The van der Waals surface area contributed by atoms with Crippen molar-refractivity contribution in [2.45, 2.75) is 40.2 Å². The number of carbonyl (C=O) groups excluding carboxylic acids is 1. The van der Waals surface area contributed by atoms with Crippen molar-refractivity contribution in [1.29, 1.82) is 0 Å². The molecule has 0 aliphatic heterocycles. The highest BCUT2D eigenvalue weighted by molar-refractivity contribution is 5.92. The van der Waals surface area contributed by atoms with E-state index in [0.717, 1.165) is 28.1 Å². The van der Waals surface area contributed by atoms with E-state index in [1.807, 2.05) is 33.8 Å². The van der Waals surface area contributed by atoms with Crippen molar-refractivity contribution in [3.8, 4) is 5.75 Å². The van der Waals surface area contributed by atoms with E-state index in [9.17, 15) is 4.79 Å². The lowest BCUT2D eigenvalue weighted by Gasteiger charge is -2.16. The van der Waals surface area contributed by atoms with Gasteiger partial charge in [0.15, 0.2) is 0 Å². The summed E-state index contributed by atoms with van der Waals surface area (Å²) >= 11 is 0. The Kier molecular flexibility index (Phi) is 4.73. The van der Waals surface area contributed by atoms with Gasteiger partial charge in [0.1, 0.15) is 5.75 Å². The molecule has 4 nitrogen and oxygen atoms in total. The van der Waals surface area contributed by atoms with Crippen molar-refractivity contribution in [1.82, 2.24) is 0 Å². The van der Waals surface area contributed by atoms with Crippen molar-refractivity contribution < 1.29 is 9.53 Å². The van der Waals surface area contributed by atoms with Gasteiger partial charge >= 0.3 is 0 Å². The monoisotopic (exact) mass is 250 g/mol. The molecule has 18 heavy (non-hydrogen) atoms. The van der Waals surface area contributed by atoms with Gasteiger partial charge in [0.2, 0.25) is 5.91 Å². The fourth-order valence-corrected chi connectivity index (χ4v) is 2.00. The topological polar surface area (TPSA) is 64.3 Å². The Morgan fingerprint density at radius 1 is 1.39 bits per heavy atom. The minimum atomic E-state index is -0.134. The first-order chi connectivity index (χ1) is 8.36. The van der Waals surface area contributed by atoms with E-state index < -0.39 is 0 Å². The molecule has 1 atom stereocenters. The van der Waals surface area contributed by atoms with E-state index in [1.54, 1.807) is 7.11 Å². The maximum Gasteiger partial charge on any atom is 0.225 e. The number of hydrogen-bond acceptors (Lipinski definition) is 3. The van der Waals surface area contributed by atoms with Gasteiger partial charge in [-0.3, -0.25) is 4.79 Å². The molecule has 0 heterocycles. The molecule has 0 fully saturated rings. The summed E-state index contributed by atoms with van der Waals surface area (Å²) in [5.74, 6) is 0.815. The zero-order valence-electron chi connectivity index (χ0n) is 11.8. The highest BCUT2D eigenvalue weighted by Crippen LogP contribution is 2.31. The molecule has 0 bridgehead atoms. The van der Waals surface area contributed by atoms with Crippen LogP contribution >= 0.6 is 0 Å². The summed E-state index contributed by atoms with van der Waals surface area (Å²) in [4.78, 5) is 11.7. The molecule has 0 spiro atoms. The van der Waals surface area contributed by atoms with Crippen molar-refractivity contribution in [3.05, 3.63) is 22.8 Å². The highest BCUT2D eigenvalue weighted by Gasteiger charge is 2.13. The molecule has 100 valence electrons. The first-order valence-corrected chi connectivity index (χ1v) is 6.07. The molecule has 1 rings (SSSR count). The Bertz CT molecular complexity index is 454. The fourth-order valence-electron chi connectivity index (χ4n) is 2.00. The summed E-state index contributed by atoms with van der Waals surface area (Å²) in [6, 6.07) is 1.80. The first-order valence-electron chi connectivity index (χ1n) is 6.07. The lowest BCUT2D eigenvalue weighted by atomic mass is 10.0. The predicted octanol–water partition coefficient (Wildman–Crippen LogP) is 2.30. The summed E-state index contributed by atoms with van der Waals surface area (Å²) < 4.78 is 5.35. The van der Waals surface area contributed by atoms with Crippen LogP contribution in [0.4, 0.5) is 5.69 Å². The number of carbonyl (C=O) groups is 1. The van der Waals surface area contributed by atoms with Crippen LogP contribution in [-0.4, -0.2) is 19.1 Å². The average Bonchev–Trinajstić information content (AvgIpc) is 2.25. The number of aryl methyl sites for hydroxylation is 1. The molecule has 1 amide bonds. The Morgan fingerprint density at radius 2 is 2.00 bits per heavy atom. The third-order valence-corrected chi connectivity index (χ3v) is 3.01. The van der Waals surface area contributed by atoms with E-state index in [0.29, 0.717) is 6.42 Å². The number of methoxy groups -OCH3 is 1. The molecular formula is C14H22N2O2. The van der Waals surface area contributed by atoms with E-state index >= 15 is 0 Å². The quantitative estimate of drug-likeness (QED) is 0.861. The SMILES string of the molecule is COc1c(C)cc(NC(=O)CC(C)N)c(C)c1C. The van der Waals surface area contributed by atoms with E-state index in [-0.39, 0.29) is 11.9 Å². The molecule has 0 saturated carbocycles. The van der Waals surface area contributed by atoms with Gasteiger partial charge in [-0.15, -0.1) is 0 Å². The zero-order valence-corrected chi connectivity index (χ0v) is 11.8. The predicted molar refractivity (Wildman–Crippen MR) is 74.1 cm³/mol. The smallest absolute Gasteiger partial charge is 0.225 e. The number of nitrogens with two attached hydrogens (primary N) is 1. The summed E-state index contributed by atoms with van der Waals surface area (Å²) in [6.45, 7) is 7.74. The molecule has 0 saturated heterocycles. The lowest BCUT2D eigenvalue weighted by Crippen LogP contribution is -2.24. The van der Waals surface area contributed by atoms with E-state index in [2.05, 4.69) is 5.32 Å². The molecular weight excluding hydrogens is 228 g/mol. The molecule has 0 radical (unpaired) electrons. The van der Waals surface area contributed by atoms with Crippen molar-refractivity contribution in [2.24, 2.45) is 5.73 Å². The van der Waals surface area contributed by atoms with Crippen molar-refractivity contribution in [3.63, 3.8) is 0 Å². The van der Waals surface area contributed by atoms with Crippen LogP contribution in [0.2, 0.25) is 0 Å². The molecule has 3 N–H and O–H groups in total. The third kappa shape index (κ3) is 3.23. The first kappa shape index (κ1) is 14.5. The zero-order chi connectivity index (χ0) is 13.9. The van der Waals surface area contributed by atoms with Crippen LogP contribution in [0.5, 0.6) is 5.75 Å². The number of benzene rings is 1. The number of amides is 1. The van der Waals surface area contributed by atoms with Crippen molar-refractivity contribution >= 4 is 11.6 Å². The van der Waals surface area contributed by atoms with Crippen molar-refractivity contribution in [2.75, 3.05) is 12.4 Å². The van der Waals surface area contributed by atoms with Gasteiger partial charge in [0.05, 0.1) is 7.11 Å². The van der Waals surface area contributed by atoms with Gasteiger partial charge < -0.3 is 15.8 Å². The minimum Gasteiger partial charge on any atom is -0.496 e. The third-order valence-electron chi connectivity index (χ3n) is 3.01. The molecule has 0 aromatic heterocycles. The largest absolute Gasteiger partial charge is 0.496 e. The highest BCUT2D eigenvalue weighted by atomic mass is 16.5. The van der Waals surface area contributed by atoms with Crippen LogP contribution in [0.25, 0.3) is 0 Å². The minimum absolute atomic E-state index is 0.0583. The van der Waals surface area contributed by atoms with Crippen LogP contribution in [0, 0.1) is 20.8 Å². The molecule has 0 aliphatic rings. The molecule has 1 aromatic rings.